The van der Waals surface area contributed by atoms with E-state index in [0.717, 1.165) is 30.5 Å². The minimum Gasteiger partial charge on any atom is -0.325 e. The Bertz CT molecular complexity index is 1050. The van der Waals surface area contributed by atoms with E-state index in [1.165, 1.54) is 17.8 Å². The fraction of sp³-hybridized carbons (Fsp3) is 0.348. The minimum atomic E-state index is -0.317. The number of halogens is 1. The molecule has 1 aromatic heterocycles. The van der Waals surface area contributed by atoms with Gasteiger partial charge in [-0.2, -0.15) is 0 Å². The Labute approximate surface area is 180 Å². The maximum Gasteiger partial charge on any atom is 0.234 e. The molecule has 30 heavy (non-hydrogen) atoms. The number of amides is 1. The lowest BCUT2D eigenvalue weighted by Crippen LogP contribution is -2.16. The molecule has 3 aromatic rings. The third-order valence-corrected chi connectivity index (χ3v) is 6.34. The fourth-order valence-electron chi connectivity index (χ4n) is 3.44. The molecule has 0 aliphatic heterocycles. The highest BCUT2D eigenvalue weighted by molar-refractivity contribution is 7.99. The van der Waals surface area contributed by atoms with Crippen LogP contribution in [0.15, 0.2) is 53.7 Å². The highest BCUT2D eigenvalue weighted by Crippen LogP contribution is 2.41. The summed E-state index contributed by atoms with van der Waals surface area (Å²) in [6.07, 6.45) is 3.04. The molecule has 1 amide bonds. The van der Waals surface area contributed by atoms with E-state index in [1.807, 2.05) is 22.8 Å². The number of aromatic nitrogens is 3. The minimum absolute atomic E-state index is 0.0893. The number of nitrogens with zero attached hydrogens (tertiary/aromatic N) is 3. The Morgan fingerprint density at radius 2 is 1.93 bits per heavy atom. The summed E-state index contributed by atoms with van der Waals surface area (Å²) in [4.78, 5) is 12.6. The van der Waals surface area contributed by atoms with Crippen LogP contribution in [0.2, 0.25) is 0 Å². The van der Waals surface area contributed by atoms with Gasteiger partial charge in [0.05, 0.1) is 11.3 Å². The molecule has 7 heteroatoms. The SMILES string of the molecule is CC[C@H](C)c1ccccc1NC(=O)CSc1nnc(-c2ccccc2F)n1C1CC1. The van der Waals surface area contributed by atoms with Crippen LogP contribution < -0.4 is 5.32 Å². The molecule has 0 saturated heterocycles. The van der Waals surface area contributed by atoms with Crippen LogP contribution in [0.1, 0.15) is 50.6 Å². The normalized spacial score (nSPS) is 14.5. The lowest BCUT2D eigenvalue weighted by atomic mass is 9.97. The van der Waals surface area contributed by atoms with Gasteiger partial charge in [-0.1, -0.05) is 55.9 Å². The second kappa shape index (κ2) is 9.00. The van der Waals surface area contributed by atoms with Crippen molar-refractivity contribution < 1.29 is 9.18 Å². The second-order valence-electron chi connectivity index (χ2n) is 7.62. The van der Waals surface area contributed by atoms with Crippen molar-refractivity contribution in [2.75, 3.05) is 11.1 Å². The number of nitrogens with one attached hydrogen (secondary N) is 1. The molecule has 0 radical (unpaired) electrons. The lowest BCUT2D eigenvalue weighted by molar-refractivity contribution is -0.113. The summed E-state index contributed by atoms with van der Waals surface area (Å²) in [5.41, 5.74) is 2.44. The fourth-order valence-corrected chi connectivity index (χ4v) is 4.25. The number of anilines is 1. The van der Waals surface area contributed by atoms with E-state index in [2.05, 4.69) is 35.4 Å². The first-order valence-corrected chi connectivity index (χ1v) is 11.3. The van der Waals surface area contributed by atoms with E-state index < -0.39 is 0 Å². The zero-order chi connectivity index (χ0) is 21.1. The standard InChI is InChI=1S/C23H25FN4OS/c1-3-15(2)17-8-5-7-11-20(17)25-21(29)14-30-23-27-26-22(28(23)16-12-13-16)18-9-4-6-10-19(18)24/h4-11,15-16H,3,12-14H2,1-2H3,(H,25,29)/t15-/m0/s1. The van der Waals surface area contributed by atoms with Gasteiger partial charge in [0, 0.05) is 11.7 Å². The quantitative estimate of drug-likeness (QED) is 0.474. The average molecular weight is 425 g/mol. The molecule has 0 unspecified atom stereocenters. The van der Waals surface area contributed by atoms with E-state index in [9.17, 15) is 9.18 Å². The molecular formula is C23H25FN4OS. The molecule has 2 aromatic carbocycles. The molecule has 0 spiro atoms. The highest BCUT2D eigenvalue weighted by atomic mass is 32.2. The van der Waals surface area contributed by atoms with Gasteiger partial charge in [-0.3, -0.25) is 9.36 Å². The third kappa shape index (κ3) is 4.41. The van der Waals surface area contributed by atoms with Crippen LogP contribution in [0.25, 0.3) is 11.4 Å². The van der Waals surface area contributed by atoms with E-state index in [4.69, 9.17) is 0 Å². The highest BCUT2D eigenvalue weighted by Gasteiger charge is 2.31. The van der Waals surface area contributed by atoms with Crippen LogP contribution in [-0.4, -0.2) is 26.4 Å². The van der Waals surface area contributed by atoms with Crippen molar-refractivity contribution in [2.45, 2.75) is 50.2 Å². The van der Waals surface area contributed by atoms with E-state index in [0.29, 0.717) is 22.5 Å². The van der Waals surface area contributed by atoms with Crippen LogP contribution in [0.4, 0.5) is 10.1 Å². The van der Waals surface area contributed by atoms with Gasteiger partial charge in [-0.25, -0.2) is 4.39 Å². The Morgan fingerprint density at radius 3 is 2.67 bits per heavy atom. The summed E-state index contributed by atoms with van der Waals surface area (Å²) in [5.74, 6) is 0.712. The van der Waals surface area contributed by atoms with Crippen molar-refractivity contribution in [3.05, 3.63) is 59.9 Å². The summed E-state index contributed by atoms with van der Waals surface area (Å²) < 4.78 is 16.3. The zero-order valence-electron chi connectivity index (χ0n) is 17.1. The third-order valence-electron chi connectivity index (χ3n) is 5.40. The molecule has 156 valence electrons. The molecule has 5 nitrogen and oxygen atoms in total. The molecule has 4 rings (SSSR count). The van der Waals surface area contributed by atoms with Gasteiger partial charge in [0.2, 0.25) is 5.91 Å². The number of carbonyl (C=O) groups excluding carboxylic acids is 1. The number of thioether (sulfide) groups is 1. The molecule has 1 saturated carbocycles. The van der Waals surface area contributed by atoms with Crippen molar-refractivity contribution in [2.24, 2.45) is 0 Å². The summed E-state index contributed by atoms with van der Waals surface area (Å²) in [7, 11) is 0. The topological polar surface area (TPSA) is 59.8 Å². The molecule has 1 aliphatic rings. The summed E-state index contributed by atoms with van der Waals surface area (Å²) in [6.45, 7) is 4.29. The van der Waals surface area contributed by atoms with E-state index in [1.54, 1.807) is 18.2 Å². The maximum atomic E-state index is 14.3. The van der Waals surface area contributed by atoms with Crippen LogP contribution in [0.5, 0.6) is 0 Å². The zero-order valence-corrected chi connectivity index (χ0v) is 18.0. The number of benzene rings is 2. The predicted octanol–water partition coefficient (Wildman–Crippen LogP) is 5.66. The largest absolute Gasteiger partial charge is 0.325 e. The van der Waals surface area contributed by atoms with Gasteiger partial charge < -0.3 is 5.32 Å². The Kier molecular flexibility index (Phi) is 6.18. The van der Waals surface area contributed by atoms with Crippen molar-refractivity contribution in [1.29, 1.82) is 0 Å². The van der Waals surface area contributed by atoms with E-state index in [-0.39, 0.29) is 23.5 Å². The first kappa shape index (κ1) is 20.6. The summed E-state index contributed by atoms with van der Waals surface area (Å²) in [5, 5.41) is 12.2. The molecule has 0 bridgehead atoms. The van der Waals surface area contributed by atoms with Crippen LogP contribution in [-0.2, 0) is 4.79 Å². The Hall–Kier alpha value is -2.67. The number of hydrogen-bond acceptors (Lipinski definition) is 4. The van der Waals surface area contributed by atoms with Crippen molar-refractivity contribution >= 4 is 23.4 Å². The molecule has 1 heterocycles. The lowest BCUT2D eigenvalue weighted by Gasteiger charge is -2.15. The maximum absolute atomic E-state index is 14.3. The Balaban J connectivity index is 1.49. The van der Waals surface area contributed by atoms with Crippen molar-refractivity contribution in [3.8, 4) is 11.4 Å². The molecule has 1 N–H and O–H groups in total. The number of carbonyl (C=O) groups is 1. The smallest absolute Gasteiger partial charge is 0.234 e. The number of rotatable bonds is 8. The second-order valence-corrected chi connectivity index (χ2v) is 8.56. The first-order chi connectivity index (χ1) is 14.6. The van der Waals surface area contributed by atoms with Gasteiger partial charge in [0.25, 0.3) is 0 Å². The van der Waals surface area contributed by atoms with Gasteiger partial charge in [0.1, 0.15) is 5.82 Å². The molecule has 1 aliphatic carbocycles. The Morgan fingerprint density at radius 1 is 1.20 bits per heavy atom. The average Bonchev–Trinajstić information content (AvgIpc) is 3.51. The van der Waals surface area contributed by atoms with Crippen LogP contribution >= 0.6 is 11.8 Å². The number of hydrogen-bond donors (Lipinski definition) is 1. The van der Waals surface area contributed by atoms with Crippen molar-refractivity contribution in [3.63, 3.8) is 0 Å². The molecule has 1 fully saturated rings. The molecule has 1 atom stereocenters. The van der Waals surface area contributed by atoms with Gasteiger partial charge in [-0.05, 0) is 48.9 Å². The van der Waals surface area contributed by atoms with Crippen LogP contribution in [0.3, 0.4) is 0 Å². The van der Waals surface area contributed by atoms with Crippen LogP contribution in [0, 0.1) is 5.82 Å². The van der Waals surface area contributed by atoms with Gasteiger partial charge in [-0.15, -0.1) is 10.2 Å². The first-order valence-electron chi connectivity index (χ1n) is 10.3. The summed E-state index contributed by atoms with van der Waals surface area (Å²) >= 11 is 1.34. The number of para-hydroxylation sites is 1. The monoisotopic (exact) mass is 424 g/mol. The van der Waals surface area contributed by atoms with Gasteiger partial charge >= 0.3 is 0 Å². The van der Waals surface area contributed by atoms with Gasteiger partial charge in [0.15, 0.2) is 11.0 Å². The summed E-state index contributed by atoms with van der Waals surface area (Å²) in [6, 6.07) is 14.8. The van der Waals surface area contributed by atoms with E-state index >= 15 is 0 Å². The predicted molar refractivity (Wildman–Crippen MR) is 118 cm³/mol. The molecular weight excluding hydrogens is 399 g/mol. The van der Waals surface area contributed by atoms with Crippen molar-refractivity contribution in [1.82, 2.24) is 14.8 Å².